The van der Waals surface area contributed by atoms with E-state index < -0.39 is 12.2 Å². The third kappa shape index (κ3) is 16.6. The zero-order valence-electron chi connectivity index (χ0n) is 5.53. The van der Waals surface area contributed by atoms with Crippen LogP contribution in [0.5, 0.6) is 0 Å². The van der Waals surface area contributed by atoms with E-state index in [4.69, 9.17) is 0 Å². The van der Waals surface area contributed by atoms with Crippen molar-refractivity contribution in [3.05, 3.63) is 0 Å². The van der Waals surface area contributed by atoms with Crippen LogP contribution in [0.1, 0.15) is 0 Å². The molecule has 0 rings (SSSR count). The van der Waals surface area contributed by atoms with Gasteiger partial charge in [0.1, 0.15) is 0 Å². The van der Waals surface area contributed by atoms with Crippen LogP contribution in [0.25, 0.3) is 0 Å². The maximum absolute atomic E-state index is 9.24. The summed E-state index contributed by atoms with van der Waals surface area (Å²) in [7, 11) is 0. The molecule has 0 aromatic rings. The second-order valence-electron chi connectivity index (χ2n) is 0.732. The first-order valence-corrected chi connectivity index (χ1v) is 1.46. The Bertz CT molecular complexity index is 130. The summed E-state index contributed by atoms with van der Waals surface area (Å²) in [4.78, 5) is 18.5. The summed E-state index contributed by atoms with van der Waals surface area (Å²) in [5.74, 6) is 0. The van der Waals surface area contributed by atoms with Gasteiger partial charge in [-0.2, -0.15) is 0 Å². The molecular weight excluding hydrogens is 287 g/mol. The molecule has 0 bridgehead atoms. The molecule has 0 aromatic carbocycles. The van der Waals surface area contributed by atoms with E-state index in [1.54, 1.807) is 0 Å². The van der Waals surface area contributed by atoms with Gasteiger partial charge in [-0.25, -0.2) is 0 Å². The first kappa shape index (κ1) is 18.0. The number of rotatable bonds is 0. The number of carbonyl (C=O) groups is 2. The van der Waals surface area contributed by atoms with Crippen LogP contribution in [-0.2, 0) is 0 Å². The smallest absolute Gasteiger partial charge is 0.527 e. The van der Waals surface area contributed by atoms with Crippen molar-refractivity contribution >= 4 is 12.2 Å². The third-order valence-electron chi connectivity index (χ3n) is 0.213. The molecule has 0 radical (unpaired) electrons. The van der Waals surface area contributed by atoms with E-state index >= 15 is 0 Å². The summed E-state index contributed by atoms with van der Waals surface area (Å²) in [5.41, 5.74) is 0. The number of hydrogen-bond donors (Lipinski definition) is 0. The van der Waals surface area contributed by atoms with Crippen LogP contribution in [0.2, 0.25) is 0 Å². The molecule has 8 heteroatoms. The van der Waals surface area contributed by atoms with Gasteiger partial charge in [0.2, 0.25) is 0 Å². The third-order valence-corrected chi connectivity index (χ3v) is 0.213. The fraction of sp³-hybridized carbons (Fsp3) is 0. The van der Waals surface area contributed by atoms with E-state index in [1.807, 2.05) is 0 Å². The molecule has 0 atom stereocenters. The predicted molar refractivity (Wildman–Crippen MR) is 15.6 cm³/mol. The van der Waals surface area contributed by atoms with Crippen molar-refractivity contribution in [1.29, 1.82) is 0 Å². The van der Waals surface area contributed by atoms with E-state index in [-0.39, 0.29) is 116 Å². The molecule has 0 N–H and O–H groups in total. The van der Waals surface area contributed by atoms with E-state index in [0.717, 1.165) is 0 Å². The van der Waals surface area contributed by atoms with Crippen LogP contribution in [0, 0.1) is 0 Å². The molecule has 0 aromatic heterocycles. The zero-order chi connectivity index (χ0) is 6.57. The molecule has 6 nitrogen and oxygen atoms in total. The van der Waals surface area contributed by atoms with E-state index in [9.17, 15) is 19.8 Å². The number of carboxylic acid groups (broad SMARTS) is 2. The maximum Gasteiger partial charge on any atom is 1.00 e. The van der Waals surface area contributed by atoms with Gasteiger partial charge in [-0.1, -0.05) is 0 Å². The average Bonchev–Trinajstić information content (AvgIpc) is 1.61. The van der Waals surface area contributed by atoms with Crippen LogP contribution in [0.4, 0.5) is 9.59 Å². The maximum atomic E-state index is 9.24. The topological polar surface area (TPSA) is 105 Å². The minimum atomic E-state index is -1.91. The van der Waals surface area contributed by atoms with Gasteiger partial charge in [-0.3, -0.25) is 0 Å². The monoisotopic (exact) mass is 286 g/mol. The van der Waals surface area contributed by atoms with Gasteiger partial charge >= 0.3 is 116 Å². The molecule has 10 heavy (non-hydrogen) atoms. The number of nitrogens with zero attached hydrogens (tertiary/aromatic N) is 2. The van der Waals surface area contributed by atoms with Gasteiger partial charge < -0.3 is 19.8 Å². The van der Waals surface area contributed by atoms with Gasteiger partial charge in [0, 0.05) is 0 Å². The minimum Gasteiger partial charge on any atom is -0.527 e. The van der Waals surface area contributed by atoms with Gasteiger partial charge in [-0.05, 0) is 0 Å². The van der Waals surface area contributed by atoms with Crippen molar-refractivity contribution in [3.8, 4) is 0 Å². The number of azo groups is 1. The normalized spacial score (nSPS) is 7.60. The zero-order valence-corrected chi connectivity index (χ0v) is 15.4. The summed E-state index contributed by atoms with van der Waals surface area (Å²) in [6.45, 7) is 0. The Morgan fingerprint density at radius 2 is 1.10 bits per heavy atom. The quantitative estimate of drug-likeness (QED) is 0.412. The Kier molecular flexibility index (Phi) is 20.1. The largest absolute Gasteiger partial charge is 1.00 e. The second kappa shape index (κ2) is 11.2. The minimum absolute atomic E-state index is 0. The Morgan fingerprint density at radius 1 is 0.900 bits per heavy atom. The molecule has 0 heterocycles. The van der Waals surface area contributed by atoms with Gasteiger partial charge in [0.15, 0.2) is 12.2 Å². The number of amides is 2. The Labute approximate surface area is 154 Å². The van der Waals surface area contributed by atoms with Crippen molar-refractivity contribution < 1.29 is 136 Å². The molecule has 0 fully saturated rings. The van der Waals surface area contributed by atoms with E-state index in [2.05, 4.69) is 10.2 Å². The summed E-state index contributed by atoms with van der Waals surface area (Å²) in [6.07, 6.45) is -3.82. The summed E-state index contributed by atoms with van der Waals surface area (Å²) in [5, 5.41) is 22.7. The van der Waals surface area contributed by atoms with Gasteiger partial charge in [0.05, 0.1) is 0 Å². The van der Waals surface area contributed by atoms with Crippen molar-refractivity contribution in [2.75, 3.05) is 0 Å². The molecule has 0 aliphatic carbocycles. The van der Waals surface area contributed by atoms with Crippen molar-refractivity contribution in [2.24, 2.45) is 10.2 Å². The fourth-order valence-electron chi connectivity index (χ4n) is 0.0816. The van der Waals surface area contributed by atoms with Crippen molar-refractivity contribution in [3.63, 3.8) is 0 Å². The Morgan fingerprint density at radius 3 is 1.20 bits per heavy atom. The predicted octanol–water partition coefficient (Wildman–Crippen LogP) is -7.87. The average molecular weight is 287 g/mol. The Hall–Kier alpha value is 2.15. The van der Waals surface area contributed by atoms with Gasteiger partial charge in [-0.15, -0.1) is 10.2 Å². The van der Waals surface area contributed by atoms with Crippen molar-refractivity contribution in [2.45, 2.75) is 0 Å². The number of carbonyl (C=O) groups excluding carboxylic acids is 2. The molecule has 2 amide bonds. The van der Waals surface area contributed by atoms with Crippen LogP contribution in [-0.4, -0.2) is 12.2 Å². The van der Waals surface area contributed by atoms with Gasteiger partial charge in [0.25, 0.3) is 0 Å². The SMILES string of the molecule is O=C([O-])/N=N\C(=O)[O-].[Rb+].[Rb+]. The Balaban J connectivity index is -0.000000245. The first-order chi connectivity index (χ1) is 3.63. The standard InChI is InChI=1S/C2H2N2O4.2Rb/c5-1(6)3-4-2(7)8;;/h(H,5,6)(H,7,8);;/q;2*+1/p-2/b4-3-;;. The second-order valence-corrected chi connectivity index (χ2v) is 0.732. The molecule has 0 saturated heterocycles. The molecule has 44 valence electrons. The molecule has 0 aliphatic rings. The molecular formula is C2N2O4Rb2. The van der Waals surface area contributed by atoms with E-state index in [1.165, 1.54) is 0 Å². The number of hydrogen-bond acceptors (Lipinski definition) is 4. The van der Waals surface area contributed by atoms with Crippen LogP contribution in [0.3, 0.4) is 0 Å². The summed E-state index contributed by atoms with van der Waals surface area (Å²) >= 11 is 0. The van der Waals surface area contributed by atoms with Crippen molar-refractivity contribution in [1.82, 2.24) is 0 Å². The summed E-state index contributed by atoms with van der Waals surface area (Å²) < 4.78 is 0. The van der Waals surface area contributed by atoms with Crippen LogP contribution < -0.4 is 127 Å². The summed E-state index contributed by atoms with van der Waals surface area (Å²) in [6, 6.07) is 0. The molecule has 0 spiro atoms. The molecule has 0 aliphatic heterocycles. The van der Waals surface area contributed by atoms with Crippen LogP contribution >= 0.6 is 0 Å². The first-order valence-electron chi connectivity index (χ1n) is 1.46. The molecule has 0 saturated carbocycles. The molecule has 0 unspecified atom stereocenters. The van der Waals surface area contributed by atoms with Crippen LogP contribution in [0.15, 0.2) is 10.2 Å². The fourth-order valence-corrected chi connectivity index (χ4v) is 0.0816. The van der Waals surface area contributed by atoms with E-state index in [0.29, 0.717) is 0 Å².